The second kappa shape index (κ2) is 5.91. The smallest absolute Gasteiger partial charge is 0.0829 e. The summed E-state index contributed by atoms with van der Waals surface area (Å²) in [4.78, 5) is 2.63. The van der Waals surface area contributed by atoms with Gasteiger partial charge in [-0.1, -0.05) is 6.92 Å². The highest BCUT2D eigenvalue weighted by molar-refractivity contribution is 8.00. The Hall–Kier alpha value is 0.230. The summed E-state index contributed by atoms with van der Waals surface area (Å²) < 4.78 is 5.88. The number of rotatable bonds is 3. The average molecular weight is 258 g/mol. The number of nitrogens with one attached hydrogen (secondary N) is 1. The van der Waals surface area contributed by atoms with Crippen LogP contribution in [0.5, 0.6) is 0 Å². The predicted octanol–water partition coefficient (Wildman–Crippen LogP) is 1.58. The summed E-state index contributed by atoms with van der Waals surface area (Å²) in [5, 5.41) is 4.18. The Labute approximate surface area is 110 Å². The molecule has 3 nitrogen and oxygen atoms in total. The molecule has 0 aromatic carbocycles. The molecular formula is C13H26N2OS. The molecule has 0 spiro atoms. The van der Waals surface area contributed by atoms with Crippen molar-refractivity contribution in [2.24, 2.45) is 0 Å². The zero-order valence-corrected chi connectivity index (χ0v) is 12.2. The predicted molar refractivity (Wildman–Crippen MR) is 74.8 cm³/mol. The van der Waals surface area contributed by atoms with Crippen LogP contribution in [0.15, 0.2) is 0 Å². The molecule has 17 heavy (non-hydrogen) atoms. The Kier molecular flexibility index (Phi) is 4.75. The van der Waals surface area contributed by atoms with E-state index in [0.29, 0.717) is 6.04 Å². The van der Waals surface area contributed by atoms with Gasteiger partial charge < -0.3 is 10.1 Å². The second-order valence-electron chi connectivity index (χ2n) is 5.42. The van der Waals surface area contributed by atoms with E-state index in [1.807, 2.05) is 7.11 Å². The van der Waals surface area contributed by atoms with Gasteiger partial charge in [-0.2, -0.15) is 11.8 Å². The first-order valence-corrected chi connectivity index (χ1v) is 7.83. The SMILES string of the molecule is COC1(CN2CCSC(C)C2C)CCNCC1. The summed E-state index contributed by atoms with van der Waals surface area (Å²) in [5.41, 5.74) is 0.0984. The van der Waals surface area contributed by atoms with Gasteiger partial charge in [0, 0.05) is 37.2 Å². The molecule has 4 heteroatoms. The van der Waals surface area contributed by atoms with E-state index in [4.69, 9.17) is 4.74 Å². The van der Waals surface area contributed by atoms with Crippen LogP contribution in [0.3, 0.4) is 0 Å². The third-order valence-electron chi connectivity index (χ3n) is 4.45. The number of hydrogen-bond acceptors (Lipinski definition) is 4. The number of piperidine rings is 1. The van der Waals surface area contributed by atoms with E-state index >= 15 is 0 Å². The van der Waals surface area contributed by atoms with Crippen LogP contribution in [0, 0.1) is 0 Å². The first-order chi connectivity index (χ1) is 8.17. The van der Waals surface area contributed by atoms with Crippen LogP contribution in [0.25, 0.3) is 0 Å². The van der Waals surface area contributed by atoms with E-state index in [2.05, 4.69) is 35.8 Å². The molecule has 0 amide bonds. The standard InChI is InChI=1S/C13H26N2OS/c1-11-12(2)17-9-8-15(11)10-13(16-3)4-6-14-7-5-13/h11-12,14H,4-10H2,1-3H3. The molecule has 2 atom stereocenters. The quantitative estimate of drug-likeness (QED) is 0.831. The Bertz CT molecular complexity index is 244. The van der Waals surface area contributed by atoms with Crippen molar-refractivity contribution in [1.82, 2.24) is 10.2 Å². The molecule has 2 rings (SSSR count). The van der Waals surface area contributed by atoms with Gasteiger partial charge in [0.1, 0.15) is 0 Å². The summed E-state index contributed by atoms with van der Waals surface area (Å²) in [6.07, 6.45) is 2.29. The molecular weight excluding hydrogens is 232 g/mol. The van der Waals surface area contributed by atoms with Crippen LogP contribution < -0.4 is 5.32 Å². The molecule has 0 aromatic rings. The van der Waals surface area contributed by atoms with Crippen molar-refractivity contribution in [2.45, 2.75) is 43.6 Å². The largest absolute Gasteiger partial charge is 0.377 e. The molecule has 2 fully saturated rings. The monoisotopic (exact) mass is 258 g/mol. The van der Waals surface area contributed by atoms with Crippen LogP contribution in [-0.4, -0.2) is 60.8 Å². The summed E-state index contributed by atoms with van der Waals surface area (Å²) in [6, 6.07) is 0.677. The van der Waals surface area contributed by atoms with Crippen LogP contribution in [0.4, 0.5) is 0 Å². The van der Waals surface area contributed by atoms with Crippen LogP contribution in [0.2, 0.25) is 0 Å². The number of ether oxygens (including phenoxy) is 1. The van der Waals surface area contributed by atoms with Gasteiger partial charge in [-0.25, -0.2) is 0 Å². The average Bonchev–Trinajstić information content (AvgIpc) is 2.36. The number of methoxy groups -OCH3 is 1. The van der Waals surface area contributed by atoms with E-state index in [-0.39, 0.29) is 5.60 Å². The summed E-state index contributed by atoms with van der Waals surface area (Å²) >= 11 is 2.10. The van der Waals surface area contributed by atoms with Gasteiger partial charge in [0.2, 0.25) is 0 Å². The first kappa shape index (κ1) is 13.7. The van der Waals surface area contributed by atoms with Crippen LogP contribution >= 0.6 is 11.8 Å². The lowest BCUT2D eigenvalue weighted by atomic mass is 9.90. The fourth-order valence-corrected chi connectivity index (χ4v) is 4.06. The lowest BCUT2D eigenvalue weighted by Gasteiger charge is -2.45. The molecule has 1 N–H and O–H groups in total. The highest BCUT2D eigenvalue weighted by Crippen LogP contribution is 2.29. The fourth-order valence-electron chi connectivity index (χ4n) is 2.90. The molecule has 2 unspecified atom stereocenters. The Balaban J connectivity index is 1.97. The van der Waals surface area contributed by atoms with Crippen molar-refractivity contribution in [3.63, 3.8) is 0 Å². The number of hydrogen-bond donors (Lipinski definition) is 1. The lowest BCUT2D eigenvalue weighted by Crippen LogP contribution is -2.55. The molecule has 0 aliphatic carbocycles. The molecule has 100 valence electrons. The Morgan fingerprint density at radius 1 is 1.35 bits per heavy atom. The molecule has 2 heterocycles. The molecule has 0 saturated carbocycles. The summed E-state index contributed by atoms with van der Waals surface area (Å²) in [6.45, 7) is 9.23. The number of nitrogens with zero attached hydrogens (tertiary/aromatic N) is 1. The maximum absolute atomic E-state index is 5.88. The van der Waals surface area contributed by atoms with Crippen molar-refractivity contribution in [3.8, 4) is 0 Å². The maximum atomic E-state index is 5.88. The third kappa shape index (κ3) is 3.16. The molecule has 0 aromatic heterocycles. The topological polar surface area (TPSA) is 24.5 Å². The normalized spacial score (nSPS) is 34.8. The minimum atomic E-state index is 0.0984. The molecule has 0 radical (unpaired) electrons. The van der Waals surface area contributed by atoms with Gasteiger partial charge >= 0.3 is 0 Å². The van der Waals surface area contributed by atoms with E-state index in [1.54, 1.807) is 0 Å². The lowest BCUT2D eigenvalue weighted by molar-refractivity contribution is -0.0627. The van der Waals surface area contributed by atoms with Crippen LogP contribution in [0.1, 0.15) is 26.7 Å². The van der Waals surface area contributed by atoms with Crippen molar-refractivity contribution in [3.05, 3.63) is 0 Å². The molecule has 0 bridgehead atoms. The first-order valence-electron chi connectivity index (χ1n) is 6.78. The zero-order chi connectivity index (χ0) is 12.3. The van der Waals surface area contributed by atoms with Gasteiger partial charge in [-0.05, 0) is 32.9 Å². The van der Waals surface area contributed by atoms with Gasteiger partial charge in [0.05, 0.1) is 5.60 Å². The van der Waals surface area contributed by atoms with Crippen LogP contribution in [-0.2, 0) is 4.74 Å². The van der Waals surface area contributed by atoms with Gasteiger partial charge in [0.25, 0.3) is 0 Å². The van der Waals surface area contributed by atoms with E-state index in [1.165, 1.54) is 12.3 Å². The zero-order valence-electron chi connectivity index (χ0n) is 11.4. The highest BCUT2D eigenvalue weighted by atomic mass is 32.2. The number of thioether (sulfide) groups is 1. The van der Waals surface area contributed by atoms with Crippen molar-refractivity contribution in [1.29, 1.82) is 0 Å². The van der Waals surface area contributed by atoms with E-state index in [9.17, 15) is 0 Å². The van der Waals surface area contributed by atoms with Crippen molar-refractivity contribution < 1.29 is 4.74 Å². The minimum Gasteiger partial charge on any atom is -0.377 e. The Morgan fingerprint density at radius 3 is 2.71 bits per heavy atom. The highest BCUT2D eigenvalue weighted by Gasteiger charge is 2.37. The maximum Gasteiger partial charge on any atom is 0.0829 e. The summed E-state index contributed by atoms with van der Waals surface area (Å²) in [5.74, 6) is 1.27. The van der Waals surface area contributed by atoms with Gasteiger partial charge in [0.15, 0.2) is 0 Å². The van der Waals surface area contributed by atoms with Crippen molar-refractivity contribution in [2.75, 3.05) is 39.0 Å². The molecule has 2 aliphatic heterocycles. The Morgan fingerprint density at radius 2 is 2.06 bits per heavy atom. The minimum absolute atomic E-state index is 0.0984. The molecule has 2 aliphatic rings. The van der Waals surface area contributed by atoms with E-state index < -0.39 is 0 Å². The van der Waals surface area contributed by atoms with E-state index in [0.717, 1.165) is 37.7 Å². The fraction of sp³-hybridized carbons (Fsp3) is 1.00. The van der Waals surface area contributed by atoms with Gasteiger partial charge in [-0.15, -0.1) is 0 Å². The van der Waals surface area contributed by atoms with Gasteiger partial charge in [-0.3, -0.25) is 4.90 Å². The summed E-state index contributed by atoms with van der Waals surface area (Å²) in [7, 11) is 1.89. The molecule has 2 saturated heterocycles. The third-order valence-corrected chi connectivity index (χ3v) is 5.79. The van der Waals surface area contributed by atoms with Crippen molar-refractivity contribution >= 4 is 11.8 Å². The second-order valence-corrected chi connectivity index (χ2v) is 6.91.